The summed E-state index contributed by atoms with van der Waals surface area (Å²) in [7, 11) is 0. The first-order valence-electron chi connectivity index (χ1n) is 6.61. The number of carboxylic acid groups (broad SMARTS) is 1. The average molecular weight is 336 g/mol. The maximum atomic E-state index is 11.6. The zero-order valence-electron chi connectivity index (χ0n) is 12.1. The van der Waals surface area contributed by atoms with Crippen LogP contribution in [0.3, 0.4) is 0 Å². The molecule has 0 aliphatic rings. The SMILES string of the molecule is CCc1cc(Br)cc2c(C(=O)O)cc(C(C)(C)C)nc12. The van der Waals surface area contributed by atoms with Crippen LogP contribution < -0.4 is 0 Å². The third-order valence-corrected chi connectivity index (χ3v) is 3.79. The Morgan fingerprint density at radius 2 is 1.95 bits per heavy atom. The zero-order valence-corrected chi connectivity index (χ0v) is 13.7. The predicted molar refractivity (Wildman–Crippen MR) is 84.5 cm³/mol. The molecule has 0 saturated carbocycles. The molecule has 20 heavy (non-hydrogen) atoms. The molecule has 0 bridgehead atoms. The number of nitrogens with zero attached hydrogens (tertiary/aromatic N) is 1. The lowest BCUT2D eigenvalue weighted by molar-refractivity contribution is 0.0699. The molecular weight excluding hydrogens is 318 g/mol. The van der Waals surface area contributed by atoms with Crippen molar-refractivity contribution in [1.29, 1.82) is 0 Å². The van der Waals surface area contributed by atoms with E-state index in [9.17, 15) is 9.90 Å². The van der Waals surface area contributed by atoms with Gasteiger partial charge in [-0.2, -0.15) is 0 Å². The number of rotatable bonds is 2. The Morgan fingerprint density at radius 1 is 1.30 bits per heavy atom. The molecule has 0 spiro atoms. The van der Waals surface area contributed by atoms with Crippen LogP contribution in [0.1, 0.15) is 49.3 Å². The van der Waals surface area contributed by atoms with Crippen LogP contribution in [-0.4, -0.2) is 16.1 Å². The number of aromatic carboxylic acids is 1. The van der Waals surface area contributed by atoms with Gasteiger partial charge >= 0.3 is 5.97 Å². The van der Waals surface area contributed by atoms with Gasteiger partial charge in [-0.05, 0) is 30.2 Å². The molecule has 0 saturated heterocycles. The third kappa shape index (κ3) is 2.70. The van der Waals surface area contributed by atoms with Gasteiger partial charge < -0.3 is 5.11 Å². The van der Waals surface area contributed by atoms with E-state index in [4.69, 9.17) is 4.98 Å². The highest BCUT2D eigenvalue weighted by molar-refractivity contribution is 9.10. The highest BCUT2D eigenvalue weighted by Crippen LogP contribution is 2.30. The second-order valence-electron chi connectivity index (χ2n) is 5.92. The monoisotopic (exact) mass is 335 g/mol. The molecule has 0 amide bonds. The molecule has 0 radical (unpaired) electrons. The van der Waals surface area contributed by atoms with Crippen molar-refractivity contribution in [3.8, 4) is 0 Å². The highest BCUT2D eigenvalue weighted by Gasteiger charge is 2.21. The van der Waals surface area contributed by atoms with Gasteiger partial charge in [-0.3, -0.25) is 4.98 Å². The molecule has 1 N–H and O–H groups in total. The molecule has 0 unspecified atom stereocenters. The van der Waals surface area contributed by atoms with Gasteiger partial charge in [-0.1, -0.05) is 43.6 Å². The van der Waals surface area contributed by atoms with E-state index in [1.165, 1.54) is 0 Å². The molecule has 2 rings (SSSR count). The molecule has 1 aromatic heterocycles. The fourth-order valence-corrected chi connectivity index (χ4v) is 2.70. The average Bonchev–Trinajstić information content (AvgIpc) is 2.35. The number of benzene rings is 1. The van der Waals surface area contributed by atoms with Crippen molar-refractivity contribution in [1.82, 2.24) is 4.98 Å². The quantitative estimate of drug-likeness (QED) is 0.875. The van der Waals surface area contributed by atoms with Crippen molar-refractivity contribution in [2.75, 3.05) is 0 Å². The van der Waals surface area contributed by atoms with Crippen molar-refractivity contribution in [2.24, 2.45) is 0 Å². The van der Waals surface area contributed by atoms with Crippen LogP contribution >= 0.6 is 15.9 Å². The zero-order chi connectivity index (χ0) is 15.1. The maximum Gasteiger partial charge on any atom is 0.336 e. The first-order valence-corrected chi connectivity index (χ1v) is 7.40. The van der Waals surface area contributed by atoms with Crippen molar-refractivity contribution < 1.29 is 9.90 Å². The smallest absolute Gasteiger partial charge is 0.336 e. The molecule has 0 aliphatic carbocycles. The molecule has 3 nitrogen and oxygen atoms in total. The van der Waals surface area contributed by atoms with Gasteiger partial charge in [0.2, 0.25) is 0 Å². The molecule has 2 aromatic rings. The van der Waals surface area contributed by atoms with E-state index in [1.54, 1.807) is 6.07 Å². The normalized spacial score (nSPS) is 11.8. The molecule has 0 fully saturated rings. The summed E-state index contributed by atoms with van der Waals surface area (Å²) in [5.41, 5.74) is 2.79. The van der Waals surface area contributed by atoms with Crippen LogP contribution in [0, 0.1) is 0 Å². The molecular formula is C16H18BrNO2. The number of carbonyl (C=O) groups is 1. The number of carboxylic acids is 1. The first kappa shape index (κ1) is 15.0. The number of aryl methyl sites for hydroxylation is 1. The second kappa shape index (κ2) is 5.17. The predicted octanol–water partition coefficient (Wildman–Crippen LogP) is 4.56. The van der Waals surface area contributed by atoms with Crippen LogP contribution in [0.4, 0.5) is 0 Å². The Hall–Kier alpha value is -1.42. The Labute approximate surface area is 127 Å². The second-order valence-corrected chi connectivity index (χ2v) is 6.84. The summed E-state index contributed by atoms with van der Waals surface area (Å²) >= 11 is 3.44. The van der Waals surface area contributed by atoms with Crippen LogP contribution in [0.25, 0.3) is 10.9 Å². The molecule has 4 heteroatoms. The minimum Gasteiger partial charge on any atom is -0.478 e. The van der Waals surface area contributed by atoms with Crippen molar-refractivity contribution in [2.45, 2.75) is 39.5 Å². The summed E-state index contributed by atoms with van der Waals surface area (Å²) in [4.78, 5) is 16.3. The maximum absolute atomic E-state index is 11.6. The Bertz CT molecular complexity index is 687. The van der Waals surface area contributed by atoms with Gasteiger partial charge in [0, 0.05) is 21.0 Å². The van der Waals surface area contributed by atoms with E-state index >= 15 is 0 Å². The third-order valence-electron chi connectivity index (χ3n) is 3.34. The van der Waals surface area contributed by atoms with Crippen molar-refractivity contribution in [3.05, 3.63) is 39.5 Å². The summed E-state index contributed by atoms with van der Waals surface area (Å²) in [6.45, 7) is 8.17. The minimum atomic E-state index is -0.914. The lowest BCUT2D eigenvalue weighted by Crippen LogP contribution is -2.15. The molecule has 1 aromatic carbocycles. The Morgan fingerprint density at radius 3 is 2.45 bits per heavy atom. The lowest BCUT2D eigenvalue weighted by Gasteiger charge is -2.20. The summed E-state index contributed by atoms with van der Waals surface area (Å²) in [5, 5.41) is 10.2. The molecule has 0 atom stereocenters. The largest absolute Gasteiger partial charge is 0.478 e. The van der Waals surface area contributed by atoms with Gasteiger partial charge in [-0.25, -0.2) is 4.79 Å². The molecule has 0 aliphatic heterocycles. The number of halogens is 1. The fourth-order valence-electron chi connectivity index (χ4n) is 2.19. The van der Waals surface area contributed by atoms with Crippen LogP contribution in [0.5, 0.6) is 0 Å². The molecule has 106 valence electrons. The van der Waals surface area contributed by atoms with E-state index in [0.717, 1.165) is 27.7 Å². The van der Waals surface area contributed by atoms with E-state index in [1.807, 2.05) is 39.8 Å². The highest BCUT2D eigenvalue weighted by atomic mass is 79.9. The van der Waals surface area contributed by atoms with Crippen molar-refractivity contribution in [3.63, 3.8) is 0 Å². The molecule has 1 heterocycles. The van der Waals surface area contributed by atoms with E-state index < -0.39 is 5.97 Å². The number of hydrogen-bond acceptors (Lipinski definition) is 2. The van der Waals surface area contributed by atoms with Crippen LogP contribution in [0.15, 0.2) is 22.7 Å². The Kier molecular flexibility index (Phi) is 3.87. The van der Waals surface area contributed by atoms with Crippen LogP contribution in [0.2, 0.25) is 0 Å². The summed E-state index contributed by atoms with van der Waals surface area (Å²) in [6, 6.07) is 5.53. The minimum absolute atomic E-state index is 0.184. The Balaban J connectivity index is 2.93. The summed E-state index contributed by atoms with van der Waals surface area (Å²) in [6.07, 6.45) is 0.815. The van der Waals surface area contributed by atoms with Gasteiger partial charge in [0.05, 0.1) is 11.1 Å². The standard InChI is InChI=1S/C16H18BrNO2/c1-5-9-6-10(17)7-11-12(15(19)20)8-13(16(2,3)4)18-14(9)11/h6-8H,5H2,1-4H3,(H,19,20). The van der Waals surface area contributed by atoms with Gasteiger partial charge in [0.25, 0.3) is 0 Å². The summed E-state index contributed by atoms with van der Waals surface area (Å²) in [5.74, 6) is -0.914. The topological polar surface area (TPSA) is 50.2 Å². The summed E-state index contributed by atoms with van der Waals surface area (Å²) < 4.78 is 0.884. The van der Waals surface area contributed by atoms with Gasteiger partial charge in [-0.15, -0.1) is 0 Å². The van der Waals surface area contributed by atoms with E-state index in [0.29, 0.717) is 10.9 Å². The van der Waals surface area contributed by atoms with Crippen molar-refractivity contribution >= 4 is 32.8 Å². The first-order chi connectivity index (χ1) is 9.24. The number of aromatic nitrogens is 1. The van der Waals surface area contributed by atoms with Crippen LogP contribution in [-0.2, 0) is 11.8 Å². The lowest BCUT2D eigenvalue weighted by atomic mass is 9.89. The van der Waals surface area contributed by atoms with Gasteiger partial charge in [0.15, 0.2) is 0 Å². The number of hydrogen-bond donors (Lipinski definition) is 1. The fraction of sp³-hybridized carbons (Fsp3) is 0.375. The number of pyridine rings is 1. The van der Waals surface area contributed by atoms with E-state index in [-0.39, 0.29) is 5.41 Å². The number of fused-ring (bicyclic) bond motifs is 1. The van der Waals surface area contributed by atoms with Gasteiger partial charge in [0.1, 0.15) is 0 Å². The van der Waals surface area contributed by atoms with E-state index in [2.05, 4.69) is 15.9 Å².